The van der Waals surface area contributed by atoms with Crippen LogP contribution in [-0.4, -0.2) is 0 Å². The molecule has 0 radical (unpaired) electrons. The van der Waals surface area contributed by atoms with Crippen LogP contribution < -0.4 is 14.8 Å². The maximum atomic E-state index is 12.5. The van der Waals surface area contributed by atoms with Gasteiger partial charge in [0.15, 0.2) is 6.07 Å². The van der Waals surface area contributed by atoms with E-state index >= 15 is 0 Å². The van der Waals surface area contributed by atoms with Gasteiger partial charge in [-0.05, 0) is 24.3 Å². The van der Waals surface area contributed by atoms with Crippen LogP contribution in [0.2, 0.25) is 5.02 Å². The molecule has 1 N–H and O–H groups in total. The highest BCUT2D eigenvalue weighted by Gasteiger charge is 2.27. The lowest BCUT2D eigenvalue weighted by atomic mass is 10.2. The van der Waals surface area contributed by atoms with Gasteiger partial charge in [0.1, 0.15) is 5.69 Å². The van der Waals surface area contributed by atoms with Gasteiger partial charge in [-0.25, -0.2) is 10.0 Å². The first kappa shape index (κ1) is 13.9. The largest absolute Gasteiger partial charge is 0.710 e. The number of para-hydroxylation sites is 1. The second-order valence-corrected chi connectivity index (χ2v) is 4.96. The summed E-state index contributed by atoms with van der Waals surface area (Å²) < 4.78 is 0.923. The zero-order valence-electron chi connectivity index (χ0n) is 11.2. The summed E-state index contributed by atoms with van der Waals surface area (Å²) in [5, 5.41) is 37.2. The number of nitrogens with zero attached hydrogens (tertiary/aromatic N) is 3. The Morgan fingerprint density at radius 2 is 1.73 bits per heavy atom. The van der Waals surface area contributed by atoms with Crippen molar-refractivity contribution >= 4 is 34.1 Å². The van der Waals surface area contributed by atoms with Gasteiger partial charge < -0.3 is 10.4 Å². The van der Waals surface area contributed by atoms with E-state index in [0.717, 1.165) is 0 Å². The third-order valence-electron chi connectivity index (χ3n) is 3.15. The Morgan fingerprint density at radius 3 is 2.41 bits per heavy atom. The number of aromatic nitrogens is 2. The fourth-order valence-corrected chi connectivity index (χ4v) is 2.30. The number of fused-ring (bicyclic) bond motifs is 1. The normalized spacial score (nSPS) is 10.4. The van der Waals surface area contributed by atoms with Gasteiger partial charge in [0.05, 0.1) is 0 Å². The van der Waals surface area contributed by atoms with E-state index in [9.17, 15) is 15.7 Å². The third kappa shape index (κ3) is 2.24. The Balaban J connectivity index is 2.28. The first-order valence-electron chi connectivity index (χ1n) is 6.32. The molecule has 7 heteroatoms. The maximum Gasteiger partial charge on any atom is 0.385 e. The van der Waals surface area contributed by atoms with Gasteiger partial charge in [-0.2, -0.15) is 5.26 Å². The van der Waals surface area contributed by atoms with Crippen molar-refractivity contribution < 1.29 is 9.46 Å². The van der Waals surface area contributed by atoms with E-state index in [-0.39, 0.29) is 22.5 Å². The summed E-state index contributed by atoms with van der Waals surface area (Å²) in [5.74, 6) is -0.126. The first-order valence-corrected chi connectivity index (χ1v) is 6.70. The van der Waals surface area contributed by atoms with Crippen LogP contribution in [0.25, 0.3) is 11.0 Å². The van der Waals surface area contributed by atoms with Crippen molar-refractivity contribution in [2.24, 2.45) is 0 Å². The van der Waals surface area contributed by atoms with Crippen LogP contribution >= 0.6 is 11.6 Å². The summed E-state index contributed by atoms with van der Waals surface area (Å²) >= 11 is 5.85. The molecule has 6 nitrogen and oxygen atoms in total. The van der Waals surface area contributed by atoms with Crippen molar-refractivity contribution in [3.05, 3.63) is 69.7 Å². The van der Waals surface area contributed by atoms with Crippen molar-refractivity contribution in [2.75, 3.05) is 5.32 Å². The number of hydrogen-bond acceptors (Lipinski definition) is 4. The van der Waals surface area contributed by atoms with E-state index in [1.54, 1.807) is 30.3 Å². The van der Waals surface area contributed by atoms with Crippen molar-refractivity contribution in [3.63, 3.8) is 0 Å². The minimum absolute atomic E-state index is 0.0395. The minimum Gasteiger partial charge on any atom is -0.710 e. The summed E-state index contributed by atoms with van der Waals surface area (Å²) in [4.78, 5) is 0. The molecule has 0 bridgehead atoms. The molecule has 0 saturated carbocycles. The average molecular weight is 313 g/mol. The summed E-state index contributed by atoms with van der Waals surface area (Å²) in [5.41, 5.74) is 0.431. The molecule has 0 fully saturated rings. The number of benzene rings is 2. The molecule has 1 heterocycles. The molecule has 0 atom stereocenters. The predicted octanol–water partition coefficient (Wildman–Crippen LogP) is 2.38. The molecule has 2 aromatic carbocycles. The first-order chi connectivity index (χ1) is 10.6. The van der Waals surface area contributed by atoms with Gasteiger partial charge in [-0.3, -0.25) is 0 Å². The Labute approximate surface area is 130 Å². The number of rotatable bonds is 2. The summed E-state index contributed by atoms with van der Waals surface area (Å²) in [6.07, 6.45) is 0. The van der Waals surface area contributed by atoms with Crippen LogP contribution in [0.3, 0.4) is 0 Å². The standard InChI is InChI=1S/C15H9ClN4O2/c16-10-6-7-12-13(8-10)19(21)14(9-17)15(20(12)22)18-11-4-2-1-3-5-11/h1-8,18H. The van der Waals surface area contributed by atoms with Crippen molar-refractivity contribution in [3.8, 4) is 6.07 Å². The molecule has 0 aliphatic rings. The molecule has 0 aliphatic carbocycles. The van der Waals surface area contributed by atoms with Gasteiger partial charge in [-0.1, -0.05) is 29.8 Å². The number of hydrogen-bond donors (Lipinski definition) is 1. The number of nitrogens with one attached hydrogen (secondary N) is 1. The van der Waals surface area contributed by atoms with Crippen molar-refractivity contribution in [1.29, 1.82) is 5.26 Å². The van der Waals surface area contributed by atoms with E-state index in [4.69, 9.17) is 11.6 Å². The molecule has 3 aromatic rings. The third-order valence-corrected chi connectivity index (χ3v) is 3.38. The molecule has 0 aliphatic heterocycles. The van der Waals surface area contributed by atoms with Gasteiger partial charge in [0, 0.05) is 11.1 Å². The monoisotopic (exact) mass is 312 g/mol. The lowest BCUT2D eigenvalue weighted by Crippen LogP contribution is -2.43. The Kier molecular flexibility index (Phi) is 3.41. The van der Waals surface area contributed by atoms with Crippen molar-refractivity contribution in [2.45, 2.75) is 0 Å². The molecule has 0 amide bonds. The predicted molar refractivity (Wildman–Crippen MR) is 81.3 cm³/mol. The molecule has 0 saturated heterocycles. The fourth-order valence-electron chi connectivity index (χ4n) is 2.13. The number of halogens is 1. The molecular weight excluding hydrogens is 304 g/mol. The molecule has 22 heavy (non-hydrogen) atoms. The van der Waals surface area contributed by atoms with Gasteiger partial charge in [0.2, 0.25) is 5.52 Å². The van der Waals surface area contributed by atoms with Crippen LogP contribution in [0.1, 0.15) is 5.69 Å². The lowest BCUT2D eigenvalue weighted by Gasteiger charge is -2.13. The van der Waals surface area contributed by atoms with Crippen molar-refractivity contribution in [1.82, 2.24) is 0 Å². The maximum absolute atomic E-state index is 12.5. The zero-order valence-corrected chi connectivity index (χ0v) is 11.9. The van der Waals surface area contributed by atoms with Gasteiger partial charge >= 0.3 is 11.5 Å². The number of anilines is 2. The zero-order chi connectivity index (χ0) is 15.7. The molecule has 3 rings (SSSR count). The lowest BCUT2D eigenvalue weighted by molar-refractivity contribution is -0.620. The van der Waals surface area contributed by atoms with Gasteiger partial charge in [-0.15, -0.1) is 4.73 Å². The molecular formula is C15H9ClN4O2. The average Bonchev–Trinajstić information content (AvgIpc) is 2.53. The molecule has 1 aromatic heterocycles. The fraction of sp³-hybridized carbons (Fsp3) is 0. The highest BCUT2D eigenvalue weighted by atomic mass is 35.5. The number of nitriles is 1. The van der Waals surface area contributed by atoms with E-state index in [0.29, 0.717) is 20.2 Å². The topological polar surface area (TPSA) is 89.7 Å². The quantitative estimate of drug-likeness (QED) is 0.581. The highest BCUT2D eigenvalue weighted by Crippen LogP contribution is 2.19. The van der Waals surface area contributed by atoms with E-state index < -0.39 is 0 Å². The Bertz CT molecular complexity index is 907. The Morgan fingerprint density at radius 1 is 1.00 bits per heavy atom. The van der Waals surface area contributed by atoms with E-state index in [1.165, 1.54) is 18.2 Å². The van der Waals surface area contributed by atoms with E-state index in [1.807, 2.05) is 6.07 Å². The minimum atomic E-state index is -0.325. The van der Waals surface area contributed by atoms with Gasteiger partial charge in [0.25, 0.3) is 5.52 Å². The summed E-state index contributed by atoms with van der Waals surface area (Å²) in [6, 6.07) is 14.9. The Hall–Kier alpha value is -3.04. The molecule has 108 valence electrons. The van der Waals surface area contributed by atoms with Crippen LogP contribution in [-0.2, 0) is 0 Å². The second kappa shape index (κ2) is 5.39. The van der Waals surface area contributed by atoms with E-state index in [2.05, 4.69) is 5.32 Å². The van der Waals surface area contributed by atoms with Crippen LogP contribution in [0.5, 0.6) is 0 Å². The van der Waals surface area contributed by atoms with Crippen LogP contribution in [0.4, 0.5) is 11.5 Å². The van der Waals surface area contributed by atoms with Crippen LogP contribution in [0.15, 0.2) is 48.5 Å². The SMILES string of the molecule is N#Cc1c(Nc2ccccc2)[n+]([O-])c2ccc(Cl)cc2[n+]1[O-]. The van der Waals surface area contributed by atoms with Crippen LogP contribution in [0, 0.1) is 21.7 Å². The molecule has 0 unspecified atom stereocenters. The highest BCUT2D eigenvalue weighted by molar-refractivity contribution is 6.31. The summed E-state index contributed by atoms with van der Waals surface area (Å²) in [6.45, 7) is 0. The smallest absolute Gasteiger partial charge is 0.385 e. The molecule has 0 spiro atoms. The summed E-state index contributed by atoms with van der Waals surface area (Å²) in [7, 11) is 0. The second-order valence-electron chi connectivity index (χ2n) is 4.52.